The molecule has 0 saturated heterocycles. The van der Waals surface area contributed by atoms with Crippen LogP contribution in [-0.4, -0.2) is 38.7 Å². The number of carbonyl (C=O) groups is 1. The Hall–Kier alpha value is -1.38. The third-order valence-electron chi connectivity index (χ3n) is 4.50. The highest BCUT2D eigenvalue weighted by Crippen LogP contribution is 2.48. The fourth-order valence-corrected chi connectivity index (χ4v) is 2.78. The van der Waals surface area contributed by atoms with E-state index in [-0.39, 0.29) is 41.2 Å². The van der Waals surface area contributed by atoms with E-state index in [0.29, 0.717) is 13.0 Å². The van der Waals surface area contributed by atoms with Gasteiger partial charge in [0.1, 0.15) is 5.82 Å². The molecule has 0 radical (unpaired) electrons. The first-order valence-corrected chi connectivity index (χ1v) is 8.95. The molecule has 5 nitrogen and oxygen atoms in total. The molecule has 2 N–H and O–H groups in total. The summed E-state index contributed by atoms with van der Waals surface area (Å²) < 4.78 is 18.1. The maximum absolute atomic E-state index is 13.5. The van der Waals surface area contributed by atoms with Crippen molar-refractivity contribution in [1.82, 2.24) is 10.6 Å². The molecule has 0 heterocycles. The number of carbonyl (C=O) groups excluding carboxylic acids is 1. The first kappa shape index (κ1) is 22.7. The number of esters is 1. The number of nitrogens with one attached hydrogen (secondary N) is 2. The van der Waals surface area contributed by atoms with E-state index in [1.54, 1.807) is 12.1 Å². The predicted octanol–water partition coefficient (Wildman–Crippen LogP) is 3.37. The fraction of sp³-hybridized carbons (Fsp3) is 0.579. The maximum atomic E-state index is 13.5. The van der Waals surface area contributed by atoms with Crippen LogP contribution in [0, 0.1) is 5.82 Å². The molecule has 7 heteroatoms. The van der Waals surface area contributed by atoms with E-state index in [4.69, 9.17) is 0 Å². The SMILES string of the molecule is CCNC(=NCC1(c2cccc(F)c2)CC1)NCCCCC(=O)OC.I. The standard InChI is InChI=1S/C19H28FN3O2.HI/c1-3-21-18(22-12-5-4-9-17(24)25-2)23-14-19(10-11-19)15-7-6-8-16(20)13-15;/h6-8,13H,3-5,9-12,14H2,1-2H3,(H2,21,22,23);1H. The molecule has 0 bridgehead atoms. The van der Waals surface area contributed by atoms with Crippen molar-refractivity contribution in [2.45, 2.75) is 44.4 Å². The van der Waals surface area contributed by atoms with Gasteiger partial charge < -0.3 is 15.4 Å². The number of unbranched alkanes of at least 4 members (excludes halogenated alkanes) is 1. The second-order valence-corrected chi connectivity index (χ2v) is 6.45. The number of hydrogen-bond donors (Lipinski definition) is 2. The summed E-state index contributed by atoms with van der Waals surface area (Å²) in [6.07, 6.45) is 4.17. The molecular weight excluding hydrogens is 448 g/mol. The van der Waals surface area contributed by atoms with Gasteiger partial charge in [-0.15, -0.1) is 24.0 Å². The van der Waals surface area contributed by atoms with E-state index >= 15 is 0 Å². The quantitative estimate of drug-likeness (QED) is 0.188. The minimum Gasteiger partial charge on any atom is -0.469 e. The van der Waals surface area contributed by atoms with Gasteiger partial charge in [-0.2, -0.15) is 0 Å². The van der Waals surface area contributed by atoms with Gasteiger partial charge in [0.15, 0.2) is 5.96 Å². The van der Waals surface area contributed by atoms with Crippen molar-refractivity contribution in [2.24, 2.45) is 4.99 Å². The number of guanidine groups is 1. The molecule has 1 aromatic rings. The zero-order valence-electron chi connectivity index (χ0n) is 15.5. The van der Waals surface area contributed by atoms with Gasteiger partial charge >= 0.3 is 5.97 Å². The molecule has 2 rings (SSSR count). The first-order chi connectivity index (χ1) is 12.1. The van der Waals surface area contributed by atoms with Gasteiger partial charge in [0.05, 0.1) is 13.7 Å². The van der Waals surface area contributed by atoms with Crippen molar-refractivity contribution >= 4 is 35.9 Å². The van der Waals surface area contributed by atoms with E-state index in [9.17, 15) is 9.18 Å². The van der Waals surface area contributed by atoms with Gasteiger partial charge in [-0.05, 0) is 50.3 Å². The molecule has 0 spiro atoms. The summed E-state index contributed by atoms with van der Waals surface area (Å²) in [6.45, 7) is 4.19. The molecular formula is C19H29FIN3O2. The van der Waals surface area contributed by atoms with E-state index in [1.807, 2.05) is 13.0 Å². The number of ether oxygens (including phenoxy) is 1. The summed E-state index contributed by atoms with van der Waals surface area (Å²) in [4.78, 5) is 15.8. The highest BCUT2D eigenvalue weighted by atomic mass is 127. The van der Waals surface area contributed by atoms with E-state index in [2.05, 4.69) is 20.4 Å². The number of nitrogens with zero attached hydrogens (tertiary/aromatic N) is 1. The first-order valence-electron chi connectivity index (χ1n) is 8.95. The van der Waals surface area contributed by atoms with Crippen molar-refractivity contribution in [3.05, 3.63) is 35.6 Å². The molecule has 1 aromatic carbocycles. The largest absolute Gasteiger partial charge is 0.469 e. The zero-order chi connectivity index (χ0) is 18.1. The number of hydrogen-bond acceptors (Lipinski definition) is 3. The Kier molecular flexibility index (Phi) is 9.90. The van der Waals surface area contributed by atoms with Crippen LogP contribution in [0.5, 0.6) is 0 Å². The Labute approximate surface area is 172 Å². The molecule has 0 atom stereocenters. The molecule has 1 fully saturated rings. The second-order valence-electron chi connectivity index (χ2n) is 6.45. The van der Waals surface area contributed by atoms with Crippen LogP contribution in [0.25, 0.3) is 0 Å². The van der Waals surface area contributed by atoms with Crippen molar-refractivity contribution in [3.8, 4) is 0 Å². The summed E-state index contributed by atoms with van der Waals surface area (Å²) >= 11 is 0. The number of aliphatic imine (C=N–C) groups is 1. The number of rotatable bonds is 9. The molecule has 26 heavy (non-hydrogen) atoms. The Bertz CT molecular complexity index is 606. The second kappa shape index (κ2) is 11.4. The predicted molar refractivity (Wildman–Crippen MR) is 113 cm³/mol. The normalized spacial score (nSPS) is 15.0. The van der Waals surface area contributed by atoms with Crippen molar-refractivity contribution in [3.63, 3.8) is 0 Å². The van der Waals surface area contributed by atoms with Crippen molar-refractivity contribution in [2.75, 3.05) is 26.7 Å². The van der Waals surface area contributed by atoms with Crippen LogP contribution >= 0.6 is 24.0 Å². The molecule has 0 amide bonds. The monoisotopic (exact) mass is 477 g/mol. The summed E-state index contributed by atoms with van der Waals surface area (Å²) in [5.41, 5.74) is 1.01. The molecule has 0 aromatic heterocycles. The summed E-state index contributed by atoms with van der Waals surface area (Å²) in [5, 5.41) is 6.52. The van der Waals surface area contributed by atoms with Gasteiger partial charge in [0.2, 0.25) is 0 Å². The Morgan fingerprint density at radius 2 is 2.08 bits per heavy atom. The van der Waals surface area contributed by atoms with Gasteiger partial charge in [-0.1, -0.05) is 12.1 Å². The molecule has 1 aliphatic rings. The molecule has 0 aliphatic heterocycles. The Balaban J connectivity index is 0.00000338. The van der Waals surface area contributed by atoms with E-state index < -0.39 is 0 Å². The lowest BCUT2D eigenvalue weighted by Gasteiger charge is -2.16. The van der Waals surface area contributed by atoms with Crippen LogP contribution in [0.2, 0.25) is 0 Å². The van der Waals surface area contributed by atoms with Crippen LogP contribution in [0.15, 0.2) is 29.3 Å². The molecule has 146 valence electrons. The maximum Gasteiger partial charge on any atom is 0.305 e. The third-order valence-corrected chi connectivity index (χ3v) is 4.50. The lowest BCUT2D eigenvalue weighted by atomic mass is 9.96. The lowest BCUT2D eigenvalue weighted by Crippen LogP contribution is -2.38. The lowest BCUT2D eigenvalue weighted by molar-refractivity contribution is -0.140. The highest BCUT2D eigenvalue weighted by molar-refractivity contribution is 14.0. The average molecular weight is 477 g/mol. The molecule has 1 aliphatic carbocycles. The van der Waals surface area contributed by atoms with Gasteiger partial charge in [0.25, 0.3) is 0 Å². The van der Waals surface area contributed by atoms with Gasteiger partial charge in [0, 0.05) is 24.9 Å². The summed E-state index contributed by atoms with van der Waals surface area (Å²) in [5.74, 6) is 0.401. The summed E-state index contributed by atoms with van der Waals surface area (Å²) in [6, 6.07) is 6.84. The minimum absolute atomic E-state index is 0. The average Bonchev–Trinajstić information content (AvgIpc) is 3.40. The van der Waals surface area contributed by atoms with Crippen molar-refractivity contribution < 1.29 is 13.9 Å². The topological polar surface area (TPSA) is 62.7 Å². The fourth-order valence-electron chi connectivity index (χ4n) is 2.78. The molecule has 1 saturated carbocycles. The van der Waals surface area contributed by atoms with E-state index in [1.165, 1.54) is 13.2 Å². The summed E-state index contributed by atoms with van der Waals surface area (Å²) in [7, 11) is 1.41. The highest BCUT2D eigenvalue weighted by Gasteiger charge is 2.44. The third kappa shape index (κ3) is 7.09. The number of halogens is 2. The van der Waals surface area contributed by atoms with Gasteiger partial charge in [-0.3, -0.25) is 9.79 Å². The van der Waals surface area contributed by atoms with Crippen LogP contribution in [0.1, 0.15) is 44.6 Å². The Morgan fingerprint density at radius 3 is 2.69 bits per heavy atom. The van der Waals surface area contributed by atoms with Crippen LogP contribution < -0.4 is 10.6 Å². The zero-order valence-corrected chi connectivity index (χ0v) is 17.8. The smallest absolute Gasteiger partial charge is 0.305 e. The number of benzene rings is 1. The van der Waals surface area contributed by atoms with Gasteiger partial charge in [-0.25, -0.2) is 4.39 Å². The van der Waals surface area contributed by atoms with Crippen molar-refractivity contribution in [1.29, 1.82) is 0 Å². The number of methoxy groups -OCH3 is 1. The minimum atomic E-state index is -0.191. The van der Waals surface area contributed by atoms with E-state index in [0.717, 1.165) is 50.3 Å². The Morgan fingerprint density at radius 1 is 1.31 bits per heavy atom. The van der Waals surface area contributed by atoms with Crippen LogP contribution in [-0.2, 0) is 14.9 Å². The molecule has 0 unspecified atom stereocenters. The van der Waals surface area contributed by atoms with Crippen LogP contribution in [0.3, 0.4) is 0 Å². The van der Waals surface area contributed by atoms with Crippen LogP contribution in [0.4, 0.5) is 4.39 Å².